The molecule has 1 atom stereocenters. The third-order valence-electron chi connectivity index (χ3n) is 4.24. The lowest BCUT2D eigenvalue weighted by atomic mass is 9.96. The van der Waals surface area contributed by atoms with Gasteiger partial charge in [-0.15, -0.1) is 0 Å². The van der Waals surface area contributed by atoms with Gasteiger partial charge in [-0.3, -0.25) is 9.69 Å². The van der Waals surface area contributed by atoms with Gasteiger partial charge in [0.1, 0.15) is 0 Å². The number of hydrogen-bond acceptors (Lipinski definition) is 2. The number of piperidine rings is 1. The molecule has 0 spiro atoms. The quantitative estimate of drug-likeness (QED) is 0.912. The first-order chi connectivity index (χ1) is 11.2. The average molecular weight is 329 g/mol. The van der Waals surface area contributed by atoms with Crippen LogP contribution in [0.15, 0.2) is 54.6 Å². The third-order valence-corrected chi connectivity index (χ3v) is 4.49. The van der Waals surface area contributed by atoms with Crippen molar-refractivity contribution in [3.8, 4) is 0 Å². The van der Waals surface area contributed by atoms with Crippen molar-refractivity contribution in [1.29, 1.82) is 0 Å². The number of likely N-dealkylation sites (tertiary alicyclic amines) is 1. The zero-order chi connectivity index (χ0) is 16.1. The fourth-order valence-corrected chi connectivity index (χ4v) is 3.16. The Balaban J connectivity index is 1.57. The van der Waals surface area contributed by atoms with Crippen LogP contribution in [0.1, 0.15) is 18.4 Å². The summed E-state index contributed by atoms with van der Waals surface area (Å²) in [5, 5.41) is 3.67. The highest BCUT2D eigenvalue weighted by Crippen LogP contribution is 2.21. The molecule has 1 amide bonds. The molecule has 1 aliphatic rings. The second kappa shape index (κ2) is 7.62. The monoisotopic (exact) mass is 328 g/mol. The van der Waals surface area contributed by atoms with Crippen molar-refractivity contribution in [2.75, 3.05) is 18.4 Å². The predicted molar refractivity (Wildman–Crippen MR) is 94.5 cm³/mol. The first kappa shape index (κ1) is 16.0. The van der Waals surface area contributed by atoms with Crippen LogP contribution in [0.25, 0.3) is 0 Å². The highest BCUT2D eigenvalue weighted by molar-refractivity contribution is 6.30. The fraction of sp³-hybridized carbons (Fsp3) is 0.316. The normalized spacial score (nSPS) is 18.6. The zero-order valence-corrected chi connectivity index (χ0v) is 13.8. The SMILES string of the molecule is O=C(Nc1ccc(Cl)cc1)C1CCCN(Cc2ccccc2)C1. The highest BCUT2D eigenvalue weighted by atomic mass is 35.5. The minimum atomic E-state index is 0.0446. The number of nitrogens with zero attached hydrogens (tertiary/aromatic N) is 1. The van der Waals surface area contributed by atoms with E-state index in [1.807, 2.05) is 18.2 Å². The maximum absolute atomic E-state index is 12.5. The van der Waals surface area contributed by atoms with E-state index in [-0.39, 0.29) is 11.8 Å². The van der Waals surface area contributed by atoms with Crippen LogP contribution in [0.2, 0.25) is 5.02 Å². The van der Waals surface area contributed by atoms with Gasteiger partial charge in [0.2, 0.25) is 5.91 Å². The van der Waals surface area contributed by atoms with E-state index in [0.29, 0.717) is 5.02 Å². The summed E-state index contributed by atoms with van der Waals surface area (Å²) in [7, 11) is 0. The Kier molecular flexibility index (Phi) is 5.31. The Hall–Kier alpha value is -1.84. The first-order valence-electron chi connectivity index (χ1n) is 8.03. The van der Waals surface area contributed by atoms with Gasteiger partial charge in [-0.25, -0.2) is 0 Å². The van der Waals surface area contributed by atoms with Crippen LogP contribution >= 0.6 is 11.6 Å². The van der Waals surface area contributed by atoms with Crippen molar-refractivity contribution in [3.63, 3.8) is 0 Å². The van der Waals surface area contributed by atoms with Crippen molar-refractivity contribution in [1.82, 2.24) is 4.90 Å². The number of carbonyl (C=O) groups is 1. The molecular weight excluding hydrogens is 308 g/mol. The maximum atomic E-state index is 12.5. The van der Waals surface area contributed by atoms with Crippen molar-refractivity contribution < 1.29 is 4.79 Å². The molecule has 0 radical (unpaired) electrons. The van der Waals surface area contributed by atoms with Crippen molar-refractivity contribution in [3.05, 3.63) is 65.2 Å². The summed E-state index contributed by atoms with van der Waals surface area (Å²) in [6, 6.07) is 17.7. The van der Waals surface area contributed by atoms with Gasteiger partial charge >= 0.3 is 0 Å². The lowest BCUT2D eigenvalue weighted by molar-refractivity contribution is -0.121. The van der Waals surface area contributed by atoms with E-state index in [1.54, 1.807) is 12.1 Å². The fourth-order valence-electron chi connectivity index (χ4n) is 3.03. The van der Waals surface area contributed by atoms with Crippen molar-refractivity contribution in [2.24, 2.45) is 5.92 Å². The molecule has 2 aromatic rings. The molecule has 3 nitrogen and oxygen atoms in total. The number of carbonyl (C=O) groups excluding carboxylic acids is 1. The molecule has 0 bridgehead atoms. The van der Waals surface area contributed by atoms with Gasteiger partial charge in [0.05, 0.1) is 5.92 Å². The summed E-state index contributed by atoms with van der Waals surface area (Å²) in [4.78, 5) is 14.8. The van der Waals surface area contributed by atoms with Crippen molar-refractivity contribution in [2.45, 2.75) is 19.4 Å². The molecule has 1 saturated heterocycles. The Morgan fingerprint density at radius 3 is 2.61 bits per heavy atom. The first-order valence-corrected chi connectivity index (χ1v) is 8.41. The number of anilines is 1. The molecule has 1 aliphatic heterocycles. The smallest absolute Gasteiger partial charge is 0.228 e. The zero-order valence-electron chi connectivity index (χ0n) is 13.0. The summed E-state index contributed by atoms with van der Waals surface area (Å²) in [5.74, 6) is 0.147. The number of amides is 1. The summed E-state index contributed by atoms with van der Waals surface area (Å²) in [6.45, 7) is 2.78. The Bertz CT molecular complexity index is 642. The number of nitrogens with one attached hydrogen (secondary N) is 1. The molecule has 4 heteroatoms. The molecule has 3 rings (SSSR count). The largest absolute Gasteiger partial charge is 0.326 e. The van der Waals surface area contributed by atoms with Gasteiger partial charge in [-0.2, -0.15) is 0 Å². The number of benzene rings is 2. The molecule has 0 saturated carbocycles. The Morgan fingerprint density at radius 1 is 1.13 bits per heavy atom. The van der Waals surface area contributed by atoms with Crippen LogP contribution in [-0.4, -0.2) is 23.9 Å². The molecule has 1 N–H and O–H groups in total. The second-order valence-electron chi connectivity index (χ2n) is 6.06. The van der Waals surface area contributed by atoms with E-state index in [9.17, 15) is 4.79 Å². The summed E-state index contributed by atoms with van der Waals surface area (Å²) in [6.07, 6.45) is 2.01. The number of rotatable bonds is 4. The average Bonchev–Trinajstić information content (AvgIpc) is 2.58. The van der Waals surface area contributed by atoms with Gasteiger partial charge in [-0.1, -0.05) is 41.9 Å². The van der Waals surface area contributed by atoms with Gasteiger partial charge in [-0.05, 0) is 49.2 Å². The molecular formula is C19H21ClN2O. The highest BCUT2D eigenvalue weighted by Gasteiger charge is 2.25. The topological polar surface area (TPSA) is 32.3 Å². The Labute approximate surface area is 142 Å². The van der Waals surface area contributed by atoms with Crippen LogP contribution in [0.5, 0.6) is 0 Å². The minimum absolute atomic E-state index is 0.0446. The standard InChI is InChI=1S/C19H21ClN2O/c20-17-8-10-18(11-9-17)21-19(23)16-7-4-12-22(14-16)13-15-5-2-1-3-6-15/h1-3,5-6,8-11,16H,4,7,12-14H2,(H,21,23). The van der Waals surface area contributed by atoms with E-state index in [2.05, 4.69) is 34.5 Å². The molecule has 0 aromatic heterocycles. The maximum Gasteiger partial charge on any atom is 0.228 e. The molecule has 1 unspecified atom stereocenters. The van der Waals surface area contributed by atoms with Gasteiger partial charge in [0, 0.05) is 23.8 Å². The van der Waals surface area contributed by atoms with Crippen LogP contribution < -0.4 is 5.32 Å². The summed E-state index contributed by atoms with van der Waals surface area (Å²) < 4.78 is 0. The Morgan fingerprint density at radius 2 is 1.87 bits per heavy atom. The molecule has 120 valence electrons. The predicted octanol–water partition coefficient (Wildman–Crippen LogP) is 4.19. The molecule has 1 heterocycles. The van der Waals surface area contributed by atoms with E-state index >= 15 is 0 Å². The van der Waals surface area contributed by atoms with Gasteiger partial charge < -0.3 is 5.32 Å². The van der Waals surface area contributed by atoms with E-state index < -0.39 is 0 Å². The van der Waals surface area contributed by atoms with E-state index in [4.69, 9.17) is 11.6 Å². The minimum Gasteiger partial charge on any atom is -0.326 e. The summed E-state index contributed by atoms with van der Waals surface area (Å²) >= 11 is 5.87. The lowest BCUT2D eigenvalue weighted by Gasteiger charge is -2.32. The second-order valence-corrected chi connectivity index (χ2v) is 6.49. The van der Waals surface area contributed by atoms with Crippen LogP contribution in [0.4, 0.5) is 5.69 Å². The van der Waals surface area contributed by atoms with Gasteiger partial charge in [0.25, 0.3) is 0 Å². The van der Waals surface area contributed by atoms with Crippen molar-refractivity contribution >= 4 is 23.2 Å². The van der Waals surface area contributed by atoms with E-state index in [1.165, 1.54) is 5.56 Å². The number of hydrogen-bond donors (Lipinski definition) is 1. The summed E-state index contributed by atoms with van der Waals surface area (Å²) in [5.41, 5.74) is 2.10. The number of halogens is 1. The van der Waals surface area contributed by atoms with E-state index in [0.717, 1.165) is 38.2 Å². The molecule has 23 heavy (non-hydrogen) atoms. The molecule has 1 fully saturated rings. The van der Waals surface area contributed by atoms with Crippen LogP contribution in [0, 0.1) is 5.92 Å². The van der Waals surface area contributed by atoms with Crippen LogP contribution in [0.3, 0.4) is 0 Å². The van der Waals surface area contributed by atoms with Gasteiger partial charge in [0.15, 0.2) is 0 Å². The third kappa shape index (κ3) is 4.57. The molecule has 2 aromatic carbocycles. The van der Waals surface area contributed by atoms with Crippen LogP contribution in [-0.2, 0) is 11.3 Å². The molecule has 0 aliphatic carbocycles. The lowest BCUT2D eigenvalue weighted by Crippen LogP contribution is -2.40.